The lowest BCUT2D eigenvalue weighted by molar-refractivity contribution is 1.18. The Morgan fingerprint density at radius 3 is 1.57 bits per heavy atom. The molecule has 2 heteroatoms. The summed E-state index contributed by atoms with van der Waals surface area (Å²) in [4.78, 5) is 2.44. The molecule has 0 atom stereocenters. The molecule has 0 amide bonds. The second-order valence-corrected chi connectivity index (χ2v) is 18.0. The van der Waals surface area contributed by atoms with Gasteiger partial charge in [-0.2, -0.15) is 0 Å². The van der Waals surface area contributed by atoms with Gasteiger partial charge >= 0.3 is 0 Å². The Morgan fingerprint density at radius 2 is 0.771 bits per heavy atom. The monoisotopic (exact) mass is 890 g/mol. The highest BCUT2D eigenvalue weighted by Crippen LogP contribution is 2.46. The van der Waals surface area contributed by atoms with E-state index in [1.54, 1.807) is 0 Å². The number of anilines is 3. The zero-order chi connectivity index (χ0) is 46.4. The summed E-state index contributed by atoms with van der Waals surface area (Å²) in [6.07, 6.45) is 0. The molecule has 0 aliphatic rings. The first kappa shape index (κ1) is 41.0. The summed E-state index contributed by atoms with van der Waals surface area (Å²) in [5.41, 5.74) is 18.6. The maximum absolute atomic E-state index is 2.44. The van der Waals surface area contributed by atoms with E-state index in [0.29, 0.717) is 0 Å². The van der Waals surface area contributed by atoms with E-state index in [1.165, 1.54) is 87.9 Å². The first-order chi connectivity index (χ1) is 34.7. The predicted octanol–water partition coefficient (Wildman–Crippen LogP) is 18.9. The number of nitrogens with zero attached hydrogens (tertiary/aromatic N) is 2. The average molecular weight is 891 g/mol. The molecular formula is C68H46N2. The van der Waals surface area contributed by atoms with Gasteiger partial charge in [0.2, 0.25) is 0 Å². The topological polar surface area (TPSA) is 8.17 Å². The number of rotatable bonds is 9. The molecule has 2 nitrogen and oxygen atoms in total. The van der Waals surface area contributed by atoms with Gasteiger partial charge in [-0.1, -0.05) is 212 Å². The highest BCUT2D eigenvalue weighted by molar-refractivity contribution is 6.11. The number of hydrogen-bond acceptors (Lipinski definition) is 1. The van der Waals surface area contributed by atoms with Crippen LogP contribution in [0.1, 0.15) is 0 Å². The van der Waals surface area contributed by atoms with Crippen LogP contribution in [0.25, 0.3) is 105 Å². The van der Waals surface area contributed by atoms with E-state index in [1.807, 2.05) is 0 Å². The van der Waals surface area contributed by atoms with Gasteiger partial charge in [-0.05, 0) is 138 Å². The summed E-state index contributed by atoms with van der Waals surface area (Å²) in [6.45, 7) is 0. The van der Waals surface area contributed by atoms with E-state index in [0.717, 1.165) is 33.9 Å². The number of benzene rings is 12. The molecule has 13 aromatic rings. The number of aromatic nitrogens is 1. The average Bonchev–Trinajstić information content (AvgIpc) is 3.77. The Kier molecular flexibility index (Phi) is 10.2. The highest BCUT2D eigenvalue weighted by atomic mass is 15.1. The zero-order valence-corrected chi connectivity index (χ0v) is 38.5. The second-order valence-electron chi connectivity index (χ2n) is 18.0. The summed E-state index contributed by atoms with van der Waals surface area (Å²) >= 11 is 0. The summed E-state index contributed by atoms with van der Waals surface area (Å²) < 4.78 is 2.38. The molecule has 0 saturated carbocycles. The van der Waals surface area contributed by atoms with Gasteiger partial charge in [0.15, 0.2) is 0 Å². The lowest BCUT2D eigenvalue weighted by Crippen LogP contribution is -2.11. The van der Waals surface area contributed by atoms with Crippen LogP contribution in [0, 0.1) is 0 Å². The van der Waals surface area contributed by atoms with E-state index in [9.17, 15) is 0 Å². The summed E-state index contributed by atoms with van der Waals surface area (Å²) in [5, 5.41) is 7.52. The first-order valence-electron chi connectivity index (χ1n) is 24.1. The van der Waals surface area contributed by atoms with E-state index in [2.05, 4.69) is 289 Å². The third kappa shape index (κ3) is 7.22. The van der Waals surface area contributed by atoms with Crippen LogP contribution in [-0.4, -0.2) is 4.57 Å². The smallest absolute Gasteiger partial charge is 0.0541 e. The SMILES string of the molecule is c1ccc(-c2ccccc2-c2ccccc2-c2ccccc2N(c2ccc(-c3ccc4c(ccc5ccccc54)c3)cc2)c2cccc(-c3ccc4c(c3)c3ccccc3n4-c3ccccc3)c2)cc1. The predicted molar refractivity (Wildman–Crippen MR) is 298 cm³/mol. The van der Waals surface area contributed by atoms with Crippen molar-refractivity contribution in [3.05, 3.63) is 279 Å². The van der Waals surface area contributed by atoms with E-state index >= 15 is 0 Å². The van der Waals surface area contributed by atoms with Gasteiger partial charge < -0.3 is 9.47 Å². The van der Waals surface area contributed by atoms with Gasteiger partial charge in [0.1, 0.15) is 0 Å². The molecule has 0 N–H and O–H groups in total. The van der Waals surface area contributed by atoms with Crippen molar-refractivity contribution in [2.45, 2.75) is 0 Å². The van der Waals surface area contributed by atoms with Crippen molar-refractivity contribution >= 4 is 60.4 Å². The van der Waals surface area contributed by atoms with Gasteiger partial charge in [0.05, 0.1) is 16.7 Å². The van der Waals surface area contributed by atoms with Gasteiger partial charge in [-0.25, -0.2) is 0 Å². The van der Waals surface area contributed by atoms with E-state index < -0.39 is 0 Å². The van der Waals surface area contributed by atoms with Gasteiger partial charge in [-0.3, -0.25) is 0 Å². The van der Waals surface area contributed by atoms with E-state index in [4.69, 9.17) is 0 Å². The number of fused-ring (bicyclic) bond motifs is 6. The van der Waals surface area contributed by atoms with Crippen molar-refractivity contribution in [1.82, 2.24) is 4.57 Å². The summed E-state index contributed by atoms with van der Waals surface area (Å²) in [7, 11) is 0. The Labute approximate surface area is 408 Å². The lowest BCUT2D eigenvalue weighted by Gasteiger charge is -2.29. The normalized spacial score (nSPS) is 11.4. The van der Waals surface area contributed by atoms with Gasteiger partial charge in [0.25, 0.3) is 0 Å². The van der Waals surface area contributed by atoms with Crippen molar-refractivity contribution in [2.75, 3.05) is 4.90 Å². The highest BCUT2D eigenvalue weighted by Gasteiger charge is 2.21. The van der Waals surface area contributed by atoms with Crippen LogP contribution < -0.4 is 4.90 Å². The molecule has 1 heterocycles. The van der Waals surface area contributed by atoms with Crippen molar-refractivity contribution in [3.63, 3.8) is 0 Å². The molecule has 0 bridgehead atoms. The van der Waals surface area contributed by atoms with Gasteiger partial charge in [-0.15, -0.1) is 0 Å². The maximum atomic E-state index is 2.44. The molecule has 0 saturated heterocycles. The fourth-order valence-corrected chi connectivity index (χ4v) is 10.7. The lowest BCUT2D eigenvalue weighted by atomic mass is 9.88. The third-order valence-corrected chi connectivity index (χ3v) is 14.0. The molecule has 1 aromatic heterocycles. The number of hydrogen-bond donors (Lipinski definition) is 0. The molecule has 12 aromatic carbocycles. The second kappa shape index (κ2) is 17.4. The van der Waals surface area contributed by atoms with Crippen LogP contribution in [0.2, 0.25) is 0 Å². The molecule has 328 valence electrons. The zero-order valence-electron chi connectivity index (χ0n) is 38.5. The van der Waals surface area contributed by atoms with Crippen LogP contribution in [-0.2, 0) is 0 Å². The van der Waals surface area contributed by atoms with Crippen LogP contribution in [0.15, 0.2) is 279 Å². The van der Waals surface area contributed by atoms with Crippen LogP contribution in [0.4, 0.5) is 17.1 Å². The standard InChI is InChI=1S/C68H46N2/c1-3-18-48(19-4-1)58-26-9-10-27-60(58)61-28-11-12-29-62(61)63-30-13-15-32-66(63)69(55-40-36-47(37-41-55)51-38-42-59-53(44-51)35-34-49-20-7-8-25-57(49)59)56-24-17-21-50(45-56)52-39-43-68-65(46-52)64-31-14-16-33-67(64)70(68)54-22-5-2-6-23-54/h1-46H. The minimum absolute atomic E-state index is 1.07. The minimum Gasteiger partial charge on any atom is -0.310 e. The minimum atomic E-state index is 1.07. The molecule has 70 heavy (non-hydrogen) atoms. The molecule has 0 spiro atoms. The molecule has 0 aliphatic carbocycles. The fraction of sp³-hybridized carbons (Fsp3) is 0. The molecule has 0 fully saturated rings. The molecule has 13 rings (SSSR count). The van der Waals surface area contributed by atoms with Crippen molar-refractivity contribution in [3.8, 4) is 61.3 Å². The van der Waals surface area contributed by atoms with Crippen molar-refractivity contribution in [1.29, 1.82) is 0 Å². The quantitative estimate of drug-likeness (QED) is 0.131. The molecular weight excluding hydrogens is 845 g/mol. The molecule has 0 unspecified atom stereocenters. The Morgan fingerprint density at radius 1 is 0.243 bits per heavy atom. The first-order valence-corrected chi connectivity index (χ1v) is 24.1. The van der Waals surface area contributed by atoms with Crippen molar-refractivity contribution < 1.29 is 0 Å². The largest absolute Gasteiger partial charge is 0.310 e. The number of para-hydroxylation sites is 3. The Hall–Kier alpha value is -9.24. The third-order valence-electron chi connectivity index (χ3n) is 14.0. The van der Waals surface area contributed by atoms with E-state index in [-0.39, 0.29) is 0 Å². The van der Waals surface area contributed by atoms with Crippen LogP contribution in [0.3, 0.4) is 0 Å². The Balaban J connectivity index is 0.964. The van der Waals surface area contributed by atoms with Crippen LogP contribution >= 0.6 is 0 Å². The van der Waals surface area contributed by atoms with Crippen molar-refractivity contribution in [2.24, 2.45) is 0 Å². The summed E-state index contributed by atoms with van der Waals surface area (Å²) in [5.74, 6) is 0. The molecule has 0 aliphatic heterocycles. The fourth-order valence-electron chi connectivity index (χ4n) is 10.7. The maximum Gasteiger partial charge on any atom is 0.0541 e. The summed E-state index contributed by atoms with van der Waals surface area (Å²) in [6, 6.07) is 102. The molecule has 0 radical (unpaired) electrons. The van der Waals surface area contributed by atoms with Gasteiger partial charge in [0, 0.05) is 33.4 Å². The van der Waals surface area contributed by atoms with Crippen LogP contribution in [0.5, 0.6) is 0 Å². The Bertz CT molecular complexity index is 4050.